The molecule has 90 valence electrons. The van der Waals surface area contributed by atoms with Gasteiger partial charge >= 0.3 is 0 Å². The van der Waals surface area contributed by atoms with Gasteiger partial charge in [0.25, 0.3) is 0 Å². The van der Waals surface area contributed by atoms with Crippen LogP contribution < -0.4 is 5.32 Å². The molecule has 0 bridgehead atoms. The van der Waals surface area contributed by atoms with E-state index >= 15 is 0 Å². The van der Waals surface area contributed by atoms with E-state index in [2.05, 4.69) is 37.9 Å². The molecule has 1 heterocycles. The zero-order valence-electron chi connectivity index (χ0n) is 10.9. The van der Waals surface area contributed by atoms with Crippen LogP contribution >= 0.6 is 0 Å². The summed E-state index contributed by atoms with van der Waals surface area (Å²) in [6.45, 7) is 13.0. The van der Waals surface area contributed by atoms with Gasteiger partial charge in [0.05, 0.1) is 0 Å². The average molecular weight is 212 g/mol. The fourth-order valence-electron chi connectivity index (χ4n) is 2.56. The Hall–Kier alpha value is -0.0800. The van der Waals surface area contributed by atoms with Crippen molar-refractivity contribution in [1.29, 1.82) is 0 Å². The largest absolute Gasteiger partial charge is 0.310 e. The molecule has 0 aromatic rings. The highest BCUT2D eigenvalue weighted by Crippen LogP contribution is 2.13. The molecule has 2 unspecified atom stereocenters. The SMILES string of the molecule is CCC(NC1CCCN(CC)C1)C(C)C. The van der Waals surface area contributed by atoms with Crippen LogP contribution in [0.25, 0.3) is 0 Å². The van der Waals surface area contributed by atoms with Gasteiger partial charge in [-0.15, -0.1) is 0 Å². The Balaban J connectivity index is 2.36. The van der Waals surface area contributed by atoms with Crippen LogP contribution in [0.4, 0.5) is 0 Å². The first-order valence-electron chi connectivity index (χ1n) is 6.65. The van der Waals surface area contributed by atoms with E-state index in [0.29, 0.717) is 6.04 Å². The van der Waals surface area contributed by atoms with Crippen molar-refractivity contribution in [2.24, 2.45) is 5.92 Å². The van der Waals surface area contributed by atoms with Crippen molar-refractivity contribution in [2.45, 2.75) is 59.0 Å². The molecule has 1 saturated heterocycles. The van der Waals surface area contributed by atoms with Crippen LogP contribution in [0.2, 0.25) is 0 Å². The van der Waals surface area contributed by atoms with E-state index in [9.17, 15) is 0 Å². The van der Waals surface area contributed by atoms with E-state index in [1.165, 1.54) is 38.9 Å². The smallest absolute Gasteiger partial charge is 0.0198 e. The van der Waals surface area contributed by atoms with Crippen molar-refractivity contribution in [2.75, 3.05) is 19.6 Å². The van der Waals surface area contributed by atoms with Crippen molar-refractivity contribution in [3.8, 4) is 0 Å². The first-order chi connectivity index (χ1) is 7.17. The Kier molecular flexibility index (Phi) is 5.62. The van der Waals surface area contributed by atoms with Gasteiger partial charge in [0, 0.05) is 18.6 Å². The third-order valence-electron chi connectivity index (χ3n) is 3.65. The standard InChI is InChI=1S/C13H28N2/c1-5-13(11(3)4)14-12-8-7-9-15(6-2)10-12/h11-14H,5-10H2,1-4H3. The van der Waals surface area contributed by atoms with E-state index in [1.807, 2.05) is 0 Å². The molecular formula is C13H28N2. The quantitative estimate of drug-likeness (QED) is 0.753. The summed E-state index contributed by atoms with van der Waals surface area (Å²) in [5.74, 6) is 0.756. The summed E-state index contributed by atoms with van der Waals surface area (Å²) >= 11 is 0. The van der Waals surface area contributed by atoms with Gasteiger partial charge in [0.1, 0.15) is 0 Å². The molecule has 0 radical (unpaired) electrons. The first-order valence-corrected chi connectivity index (χ1v) is 6.65. The predicted octanol–water partition coefficient (Wildman–Crippen LogP) is 2.49. The summed E-state index contributed by atoms with van der Waals surface area (Å²) < 4.78 is 0. The zero-order valence-corrected chi connectivity index (χ0v) is 10.9. The Morgan fingerprint density at radius 1 is 1.33 bits per heavy atom. The number of nitrogens with one attached hydrogen (secondary N) is 1. The third-order valence-corrected chi connectivity index (χ3v) is 3.65. The van der Waals surface area contributed by atoms with Crippen LogP contribution in [0.5, 0.6) is 0 Å². The molecule has 2 heteroatoms. The fraction of sp³-hybridized carbons (Fsp3) is 1.00. The van der Waals surface area contributed by atoms with Gasteiger partial charge in [-0.25, -0.2) is 0 Å². The number of hydrogen-bond acceptors (Lipinski definition) is 2. The maximum atomic E-state index is 3.83. The highest BCUT2D eigenvalue weighted by molar-refractivity contribution is 4.81. The van der Waals surface area contributed by atoms with Crippen LogP contribution in [0.3, 0.4) is 0 Å². The second kappa shape index (κ2) is 6.49. The van der Waals surface area contributed by atoms with Gasteiger partial charge < -0.3 is 10.2 Å². The van der Waals surface area contributed by atoms with Gasteiger partial charge in [-0.05, 0) is 38.3 Å². The van der Waals surface area contributed by atoms with Gasteiger partial charge in [-0.1, -0.05) is 27.7 Å². The van der Waals surface area contributed by atoms with E-state index in [-0.39, 0.29) is 0 Å². The Morgan fingerprint density at radius 3 is 2.60 bits per heavy atom. The highest BCUT2D eigenvalue weighted by atomic mass is 15.2. The summed E-state index contributed by atoms with van der Waals surface area (Å²) in [5, 5.41) is 3.83. The minimum atomic E-state index is 0.701. The molecule has 2 nitrogen and oxygen atoms in total. The summed E-state index contributed by atoms with van der Waals surface area (Å²) in [6.07, 6.45) is 3.97. The molecule has 0 aliphatic carbocycles. The van der Waals surface area contributed by atoms with Crippen molar-refractivity contribution in [1.82, 2.24) is 10.2 Å². The van der Waals surface area contributed by atoms with Gasteiger partial charge in [-0.3, -0.25) is 0 Å². The summed E-state index contributed by atoms with van der Waals surface area (Å²) in [7, 11) is 0. The summed E-state index contributed by atoms with van der Waals surface area (Å²) in [6, 6.07) is 1.43. The maximum Gasteiger partial charge on any atom is 0.0198 e. The number of likely N-dealkylation sites (N-methyl/N-ethyl adjacent to an activating group) is 1. The lowest BCUT2D eigenvalue weighted by molar-refractivity contribution is 0.181. The molecule has 0 amide bonds. The van der Waals surface area contributed by atoms with Crippen LogP contribution in [0, 0.1) is 5.92 Å². The fourth-order valence-corrected chi connectivity index (χ4v) is 2.56. The minimum absolute atomic E-state index is 0.701. The molecule has 0 aromatic carbocycles. The normalized spacial score (nSPS) is 25.8. The zero-order chi connectivity index (χ0) is 11.3. The molecule has 1 N–H and O–H groups in total. The molecule has 0 saturated carbocycles. The predicted molar refractivity (Wildman–Crippen MR) is 67.2 cm³/mol. The molecule has 2 atom stereocenters. The van der Waals surface area contributed by atoms with E-state index < -0.39 is 0 Å². The molecular weight excluding hydrogens is 184 g/mol. The Morgan fingerprint density at radius 2 is 2.07 bits per heavy atom. The van der Waals surface area contributed by atoms with Crippen LogP contribution in [-0.4, -0.2) is 36.6 Å². The molecule has 1 rings (SSSR count). The lowest BCUT2D eigenvalue weighted by Gasteiger charge is -2.35. The van der Waals surface area contributed by atoms with Gasteiger partial charge in [-0.2, -0.15) is 0 Å². The number of rotatable bonds is 5. The second-order valence-electron chi connectivity index (χ2n) is 5.16. The lowest BCUT2D eigenvalue weighted by Crippen LogP contribution is -2.50. The molecule has 0 spiro atoms. The number of piperidine rings is 1. The van der Waals surface area contributed by atoms with E-state index in [1.54, 1.807) is 0 Å². The van der Waals surface area contributed by atoms with Crippen molar-refractivity contribution in [3.05, 3.63) is 0 Å². The maximum absolute atomic E-state index is 3.83. The van der Waals surface area contributed by atoms with Crippen LogP contribution in [-0.2, 0) is 0 Å². The highest BCUT2D eigenvalue weighted by Gasteiger charge is 2.21. The number of hydrogen-bond donors (Lipinski definition) is 1. The van der Waals surface area contributed by atoms with Crippen LogP contribution in [0.15, 0.2) is 0 Å². The van der Waals surface area contributed by atoms with Crippen molar-refractivity contribution in [3.63, 3.8) is 0 Å². The average Bonchev–Trinajstić information content (AvgIpc) is 2.25. The Labute approximate surface area is 95.4 Å². The first kappa shape index (κ1) is 13.0. The molecule has 15 heavy (non-hydrogen) atoms. The lowest BCUT2D eigenvalue weighted by atomic mass is 9.98. The molecule has 0 aromatic heterocycles. The van der Waals surface area contributed by atoms with Gasteiger partial charge in [0.15, 0.2) is 0 Å². The van der Waals surface area contributed by atoms with E-state index in [0.717, 1.165) is 12.0 Å². The summed E-state index contributed by atoms with van der Waals surface area (Å²) in [5.41, 5.74) is 0. The third kappa shape index (κ3) is 4.12. The monoisotopic (exact) mass is 212 g/mol. The van der Waals surface area contributed by atoms with Crippen LogP contribution in [0.1, 0.15) is 47.0 Å². The number of likely N-dealkylation sites (tertiary alicyclic amines) is 1. The van der Waals surface area contributed by atoms with Crippen molar-refractivity contribution < 1.29 is 0 Å². The van der Waals surface area contributed by atoms with E-state index in [4.69, 9.17) is 0 Å². The minimum Gasteiger partial charge on any atom is -0.310 e. The molecule has 1 aliphatic rings. The molecule has 1 aliphatic heterocycles. The Bertz CT molecular complexity index is 168. The topological polar surface area (TPSA) is 15.3 Å². The van der Waals surface area contributed by atoms with Crippen molar-refractivity contribution >= 4 is 0 Å². The number of nitrogens with zero attached hydrogens (tertiary/aromatic N) is 1. The van der Waals surface area contributed by atoms with Gasteiger partial charge in [0.2, 0.25) is 0 Å². The second-order valence-corrected chi connectivity index (χ2v) is 5.16. The molecule has 1 fully saturated rings. The summed E-state index contributed by atoms with van der Waals surface area (Å²) in [4.78, 5) is 2.56.